The quantitative estimate of drug-likeness (QED) is 0.571. The molecule has 3 rings (SSSR count). The number of halogens is 1. The highest BCUT2D eigenvalue weighted by Gasteiger charge is 2.16. The summed E-state index contributed by atoms with van der Waals surface area (Å²) in [6.45, 7) is 0.111. The molecule has 3 N–H and O–H groups in total. The molecule has 1 aromatic carbocycles. The van der Waals surface area contributed by atoms with Crippen molar-refractivity contribution in [2.24, 2.45) is 0 Å². The van der Waals surface area contributed by atoms with Gasteiger partial charge in [-0.3, -0.25) is 4.79 Å². The number of nitrogens with one attached hydrogen (secondary N) is 1. The van der Waals surface area contributed by atoms with Crippen molar-refractivity contribution in [1.82, 2.24) is 14.7 Å². The summed E-state index contributed by atoms with van der Waals surface area (Å²) < 4.78 is 20.0. The lowest BCUT2D eigenvalue weighted by Crippen LogP contribution is -2.30. The third-order valence-corrected chi connectivity index (χ3v) is 3.69. The van der Waals surface area contributed by atoms with Crippen molar-refractivity contribution in [2.75, 3.05) is 7.11 Å². The highest BCUT2D eigenvalue weighted by atomic mass is 19.1. The number of carbonyl (C=O) groups excluding carboxylic acids is 1. The molecule has 0 fully saturated rings. The van der Waals surface area contributed by atoms with Crippen LogP contribution in [-0.2, 0) is 6.54 Å². The van der Waals surface area contributed by atoms with Crippen molar-refractivity contribution < 1.29 is 24.0 Å². The molecule has 2 heterocycles. The summed E-state index contributed by atoms with van der Waals surface area (Å²) in [4.78, 5) is 16.4. The first-order chi connectivity index (χ1) is 12.0. The Balaban J connectivity index is 1.77. The number of aromatic nitrogens is 2. The maximum atomic E-state index is 13.5. The van der Waals surface area contributed by atoms with Gasteiger partial charge in [-0.2, -0.15) is 0 Å². The minimum Gasteiger partial charge on any atom is -0.497 e. The first-order valence-corrected chi connectivity index (χ1v) is 7.42. The highest BCUT2D eigenvalue weighted by Crippen LogP contribution is 2.16. The van der Waals surface area contributed by atoms with Gasteiger partial charge in [0.1, 0.15) is 17.9 Å². The van der Waals surface area contributed by atoms with Gasteiger partial charge in [0.2, 0.25) is 0 Å². The minimum absolute atomic E-state index is 0.111. The molecule has 0 radical (unpaired) electrons. The van der Waals surface area contributed by atoms with Gasteiger partial charge in [-0.25, -0.2) is 9.37 Å². The van der Waals surface area contributed by atoms with E-state index in [1.165, 1.54) is 42.2 Å². The lowest BCUT2D eigenvalue weighted by molar-refractivity contribution is 0.0948. The number of imidazole rings is 1. The van der Waals surface area contributed by atoms with Gasteiger partial charge >= 0.3 is 7.12 Å². The number of carbonyl (C=O) groups is 1. The molecule has 25 heavy (non-hydrogen) atoms. The van der Waals surface area contributed by atoms with Crippen LogP contribution in [0.15, 0.2) is 42.9 Å². The van der Waals surface area contributed by atoms with Crippen LogP contribution in [0.4, 0.5) is 4.39 Å². The number of nitrogens with zero attached hydrogens (tertiary/aromatic N) is 2. The predicted octanol–water partition coefficient (Wildman–Crippen LogP) is 0.0918. The minimum atomic E-state index is -1.60. The molecule has 0 aliphatic heterocycles. The average Bonchev–Trinajstić information content (AvgIpc) is 3.02. The Bertz CT molecular complexity index is 929. The number of benzene rings is 1. The second kappa shape index (κ2) is 6.92. The van der Waals surface area contributed by atoms with E-state index >= 15 is 0 Å². The molecule has 0 atom stereocenters. The fourth-order valence-corrected chi connectivity index (χ4v) is 2.45. The van der Waals surface area contributed by atoms with Crippen molar-refractivity contribution in [3.63, 3.8) is 0 Å². The van der Waals surface area contributed by atoms with E-state index in [2.05, 4.69) is 10.3 Å². The van der Waals surface area contributed by atoms with Crippen molar-refractivity contribution in [1.29, 1.82) is 0 Å². The molecular weight excluding hydrogens is 328 g/mol. The SMILES string of the molecule is COc1cc(F)cc(CNC(=O)c2ncn3cc(B(O)O)ccc23)c1. The molecule has 0 saturated heterocycles. The Labute approximate surface area is 142 Å². The van der Waals surface area contributed by atoms with Gasteiger partial charge in [-0.15, -0.1) is 0 Å². The van der Waals surface area contributed by atoms with Gasteiger partial charge < -0.3 is 24.5 Å². The van der Waals surface area contributed by atoms with Crippen molar-refractivity contribution >= 4 is 24.0 Å². The molecule has 9 heteroatoms. The lowest BCUT2D eigenvalue weighted by atomic mass is 9.82. The van der Waals surface area contributed by atoms with E-state index in [1.807, 2.05) is 0 Å². The van der Waals surface area contributed by atoms with Gasteiger partial charge in [0.25, 0.3) is 5.91 Å². The van der Waals surface area contributed by atoms with Gasteiger partial charge in [0.15, 0.2) is 5.69 Å². The Morgan fingerprint density at radius 1 is 1.36 bits per heavy atom. The molecule has 0 spiro atoms. The summed E-state index contributed by atoms with van der Waals surface area (Å²) in [5.74, 6) is -0.513. The first-order valence-electron chi connectivity index (χ1n) is 7.42. The zero-order valence-corrected chi connectivity index (χ0v) is 13.3. The van der Waals surface area contributed by atoms with Crippen LogP contribution in [-0.4, -0.2) is 39.6 Å². The van der Waals surface area contributed by atoms with Crippen LogP contribution in [0, 0.1) is 5.82 Å². The molecule has 128 valence electrons. The van der Waals surface area contributed by atoms with E-state index in [4.69, 9.17) is 4.74 Å². The molecule has 7 nitrogen and oxygen atoms in total. The fourth-order valence-electron chi connectivity index (χ4n) is 2.45. The summed E-state index contributed by atoms with van der Waals surface area (Å²) in [7, 11) is -0.168. The second-order valence-electron chi connectivity index (χ2n) is 5.40. The number of hydrogen-bond donors (Lipinski definition) is 3. The Hall–Kier alpha value is -2.91. The van der Waals surface area contributed by atoms with E-state index in [-0.39, 0.29) is 17.7 Å². The number of pyridine rings is 1. The van der Waals surface area contributed by atoms with E-state index in [1.54, 1.807) is 12.1 Å². The molecular formula is C16H15BFN3O4. The van der Waals surface area contributed by atoms with Crippen LogP contribution >= 0.6 is 0 Å². The van der Waals surface area contributed by atoms with Gasteiger partial charge in [0.05, 0.1) is 12.6 Å². The molecule has 0 aliphatic rings. The summed E-state index contributed by atoms with van der Waals surface area (Å²) in [6.07, 6.45) is 2.88. The van der Waals surface area contributed by atoms with Gasteiger partial charge in [-0.1, -0.05) is 6.07 Å². The van der Waals surface area contributed by atoms with Crippen LogP contribution in [0.2, 0.25) is 0 Å². The van der Waals surface area contributed by atoms with E-state index in [9.17, 15) is 19.2 Å². The van der Waals surface area contributed by atoms with E-state index in [0.29, 0.717) is 16.8 Å². The predicted molar refractivity (Wildman–Crippen MR) is 89.1 cm³/mol. The Kier molecular flexibility index (Phi) is 4.69. The maximum Gasteiger partial charge on any atom is 0.489 e. The van der Waals surface area contributed by atoms with Crippen LogP contribution in [0.3, 0.4) is 0 Å². The fraction of sp³-hybridized carbons (Fsp3) is 0.125. The summed E-state index contributed by atoms with van der Waals surface area (Å²) in [5, 5.41) is 21.0. The maximum absolute atomic E-state index is 13.5. The number of amides is 1. The third-order valence-electron chi connectivity index (χ3n) is 3.69. The van der Waals surface area contributed by atoms with Gasteiger partial charge in [-0.05, 0) is 29.2 Å². The third kappa shape index (κ3) is 3.62. The summed E-state index contributed by atoms with van der Waals surface area (Å²) in [5.41, 5.74) is 1.53. The number of fused-ring (bicyclic) bond motifs is 1. The molecule has 0 bridgehead atoms. The monoisotopic (exact) mass is 343 g/mol. The zero-order chi connectivity index (χ0) is 18.0. The number of methoxy groups -OCH3 is 1. The van der Waals surface area contributed by atoms with Crippen molar-refractivity contribution in [3.05, 3.63) is 59.9 Å². The van der Waals surface area contributed by atoms with E-state index < -0.39 is 18.8 Å². The largest absolute Gasteiger partial charge is 0.497 e. The van der Waals surface area contributed by atoms with Crippen molar-refractivity contribution in [2.45, 2.75) is 6.54 Å². The zero-order valence-electron chi connectivity index (χ0n) is 13.3. The number of hydrogen-bond acceptors (Lipinski definition) is 5. The van der Waals surface area contributed by atoms with Crippen LogP contribution in [0.1, 0.15) is 16.1 Å². The normalized spacial score (nSPS) is 10.7. The van der Waals surface area contributed by atoms with Crippen LogP contribution < -0.4 is 15.5 Å². The molecule has 2 aromatic heterocycles. The molecule has 3 aromatic rings. The summed E-state index contributed by atoms with van der Waals surface area (Å²) in [6, 6.07) is 7.26. The van der Waals surface area contributed by atoms with Crippen molar-refractivity contribution in [3.8, 4) is 5.75 Å². The highest BCUT2D eigenvalue weighted by molar-refractivity contribution is 6.58. The number of ether oxygens (including phenoxy) is 1. The topological polar surface area (TPSA) is 96.1 Å². The molecule has 0 unspecified atom stereocenters. The smallest absolute Gasteiger partial charge is 0.489 e. The van der Waals surface area contributed by atoms with E-state index in [0.717, 1.165) is 0 Å². The summed E-state index contributed by atoms with van der Waals surface area (Å²) >= 11 is 0. The first kappa shape index (κ1) is 16.9. The average molecular weight is 343 g/mol. The number of rotatable bonds is 5. The Morgan fingerprint density at radius 3 is 2.88 bits per heavy atom. The van der Waals surface area contributed by atoms with Crippen LogP contribution in [0.5, 0.6) is 5.75 Å². The molecule has 0 aliphatic carbocycles. The standard InChI is InChI=1S/C16H15BFN3O4/c1-25-13-5-10(4-12(18)6-13)7-19-16(22)15-14-3-2-11(17(23)24)8-21(14)9-20-15/h2-6,8-9,23-24H,7H2,1H3,(H,19,22). The lowest BCUT2D eigenvalue weighted by Gasteiger charge is -2.07. The Morgan fingerprint density at radius 2 is 2.16 bits per heavy atom. The van der Waals surface area contributed by atoms with Crippen LogP contribution in [0.25, 0.3) is 5.52 Å². The molecule has 1 amide bonds. The second-order valence-corrected chi connectivity index (χ2v) is 5.40. The molecule has 0 saturated carbocycles. The van der Waals surface area contributed by atoms with Gasteiger partial charge in [0, 0.05) is 18.8 Å².